The van der Waals surface area contributed by atoms with Gasteiger partial charge in [-0.3, -0.25) is 4.98 Å². The van der Waals surface area contributed by atoms with Gasteiger partial charge in [-0.1, -0.05) is 13.0 Å². The van der Waals surface area contributed by atoms with Crippen molar-refractivity contribution < 1.29 is 14.3 Å². The molecular formula is C17H21NO3. The molecule has 0 bridgehead atoms. The predicted molar refractivity (Wildman–Crippen MR) is 82.6 cm³/mol. The van der Waals surface area contributed by atoms with Gasteiger partial charge < -0.3 is 9.47 Å². The topological polar surface area (TPSA) is 48.4 Å². The van der Waals surface area contributed by atoms with E-state index in [0.29, 0.717) is 5.75 Å². The average molecular weight is 287 g/mol. The number of fused-ring (bicyclic) bond motifs is 1. The summed E-state index contributed by atoms with van der Waals surface area (Å²) in [5.74, 6) is 0.313. The highest BCUT2D eigenvalue weighted by Gasteiger charge is 2.10. The maximum Gasteiger partial charge on any atom is 0.344 e. The van der Waals surface area contributed by atoms with Crippen molar-refractivity contribution in [1.82, 2.24) is 4.98 Å². The summed E-state index contributed by atoms with van der Waals surface area (Å²) in [5, 5.41) is 0.928. The van der Waals surface area contributed by atoms with Crippen molar-refractivity contribution in [2.45, 2.75) is 40.2 Å². The molecule has 0 atom stereocenters. The van der Waals surface area contributed by atoms with Crippen LogP contribution in [0.15, 0.2) is 24.3 Å². The van der Waals surface area contributed by atoms with Crippen molar-refractivity contribution in [1.29, 1.82) is 0 Å². The second kappa shape index (κ2) is 6.57. The van der Waals surface area contributed by atoms with E-state index in [0.717, 1.165) is 23.0 Å². The van der Waals surface area contributed by atoms with Crippen molar-refractivity contribution in [2.24, 2.45) is 0 Å². The second-order valence-corrected chi connectivity index (χ2v) is 5.29. The zero-order valence-corrected chi connectivity index (χ0v) is 13.0. The summed E-state index contributed by atoms with van der Waals surface area (Å²) in [6.07, 6.45) is 0.808. The van der Waals surface area contributed by atoms with Crippen LogP contribution in [0.3, 0.4) is 0 Å². The fourth-order valence-electron chi connectivity index (χ4n) is 2.14. The third-order valence-electron chi connectivity index (χ3n) is 3.08. The molecule has 0 aliphatic carbocycles. The van der Waals surface area contributed by atoms with E-state index in [2.05, 4.69) is 24.0 Å². The Morgan fingerprint density at radius 2 is 2.05 bits per heavy atom. The monoisotopic (exact) mass is 287 g/mol. The average Bonchev–Trinajstić information content (AvgIpc) is 2.43. The Morgan fingerprint density at radius 1 is 1.29 bits per heavy atom. The Morgan fingerprint density at radius 3 is 2.71 bits per heavy atom. The molecule has 0 aliphatic heterocycles. The molecule has 112 valence electrons. The van der Waals surface area contributed by atoms with Crippen LogP contribution in [0.1, 0.15) is 32.0 Å². The van der Waals surface area contributed by atoms with Gasteiger partial charge in [-0.05, 0) is 44.9 Å². The molecule has 21 heavy (non-hydrogen) atoms. The maximum atomic E-state index is 11.6. The maximum absolute atomic E-state index is 11.6. The Kier molecular flexibility index (Phi) is 4.78. The number of carbonyl (C=O) groups excluding carboxylic acids is 1. The number of benzene rings is 1. The van der Waals surface area contributed by atoms with Gasteiger partial charge in [-0.25, -0.2) is 4.79 Å². The Balaban J connectivity index is 2.27. The second-order valence-electron chi connectivity index (χ2n) is 5.29. The molecule has 4 nitrogen and oxygen atoms in total. The lowest BCUT2D eigenvalue weighted by Crippen LogP contribution is -2.18. The number of hydrogen-bond donors (Lipinski definition) is 0. The van der Waals surface area contributed by atoms with E-state index >= 15 is 0 Å². The molecule has 0 saturated carbocycles. The summed E-state index contributed by atoms with van der Waals surface area (Å²) in [4.78, 5) is 16.1. The van der Waals surface area contributed by atoms with E-state index in [9.17, 15) is 4.79 Å². The summed E-state index contributed by atoms with van der Waals surface area (Å²) in [6, 6.07) is 7.96. The van der Waals surface area contributed by atoms with Crippen LogP contribution in [0, 0.1) is 6.92 Å². The van der Waals surface area contributed by atoms with Crippen LogP contribution >= 0.6 is 0 Å². The van der Waals surface area contributed by atoms with Gasteiger partial charge in [-0.15, -0.1) is 0 Å². The summed E-state index contributed by atoms with van der Waals surface area (Å²) < 4.78 is 10.7. The molecule has 0 amide bonds. The van der Waals surface area contributed by atoms with Crippen LogP contribution in [0.25, 0.3) is 10.9 Å². The smallest absolute Gasteiger partial charge is 0.344 e. The number of pyridine rings is 1. The number of aromatic nitrogens is 1. The molecule has 0 N–H and O–H groups in total. The Hall–Kier alpha value is -2.10. The van der Waals surface area contributed by atoms with Gasteiger partial charge in [0.2, 0.25) is 0 Å². The largest absolute Gasteiger partial charge is 0.481 e. The molecular weight excluding hydrogens is 266 g/mol. The summed E-state index contributed by atoms with van der Waals surface area (Å²) in [6.45, 7) is 7.55. The minimum Gasteiger partial charge on any atom is -0.481 e. The predicted octanol–water partition coefficient (Wildman–Crippen LogP) is 3.44. The molecule has 0 fully saturated rings. The molecule has 2 aromatic rings. The van der Waals surface area contributed by atoms with Crippen LogP contribution in [0.4, 0.5) is 0 Å². The summed E-state index contributed by atoms with van der Waals surface area (Å²) in [7, 11) is 0. The molecule has 0 unspecified atom stereocenters. The quantitative estimate of drug-likeness (QED) is 0.790. The minimum atomic E-state index is -0.362. The van der Waals surface area contributed by atoms with Crippen molar-refractivity contribution in [3.05, 3.63) is 35.5 Å². The fourth-order valence-corrected chi connectivity index (χ4v) is 2.14. The first-order valence-electron chi connectivity index (χ1n) is 7.22. The SMILES string of the molecule is CCc1ccc2nc(C)cc(OCC(=O)OC(C)C)c2c1. The molecule has 1 aromatic heterocycles. The fraction of sp³-hybridized carbons (Fsp3) is 0.412. The number of rotatable bonds is 5. The van der Waals surface area contributed by atoms with E-state index in [1.54, 1.807) is 0 Å². The Labute approximate surface area is 125 Å². The van der Waals surface area contributed by atoms with Gasteiger partial charge in [0.1, 0.15) is 5.75 Å². The molecule has 0 spiro atoms. The first-order valence-corrected chi connectivity index (χ1v) is 7.22. The molecule has 0 saturated heterocycles. The number of hydrogen-bond acceptors (Lipinski definition) is 4. The lowest BCUT2D eigenvalue weighted by Gasteiger charge is -2.12. The number of nitrogens with zero attached hydrogens (tertiary/aromatic N) is 1. The van der Waals surface area contributed by atoms with Crippen LogP contribution in [-0.4, -0.2) is 23.7 Å². The third kappa shape index (κ3) is 3.94. The van der Waals surface area contributed by atoms with Gasteiger partial charge in [0.25, 0.3) is 0 Å². The van der Waals surface area contributed by atoms with Crippen molar-refractivity contribution in [3.8, 4) is 5.75 Å². The molecule has 1 heterocycles. The van der Waals surface area contributed by atoms with E-state index in [1.807, 2.05) is 32.9 Å². The highest BCUT2D eigenvalue weighted by Crippen LogP contribution is 2.26. The third-order valence-corrected chi connectivity index (χ3v) is 3.08. The van der Waals surface area contributed by atoms with Gasteiger partial charge in [0, 0.05) is 17.1 Å². The van der Waals surface area contributed by atoms with E-state index in [-0.39, 0.29) is 18.7 Å². The summed E-state index contributed by atoms with van der Waals surface area (Å²) >= 11 is 0. The lowest BCUT2D eigenvalue weighted by molar-refractivity contribution is -0.149. The molecule has 0 aliphatic rings. The van der Waals surface area contributed by atoms with Crippen LogP contribution in [-0.2, 0) is 16.0 Å². The Bertz CT molecular complexity index is 650. The number of aryl methyl sites for hydroxylation is 2. The number of carbonyl (C=O) groups is 1. The normalized spacial score (nSPS) is 10.9. The van der Waals surface area contributed by atoms with Crippen molar-refractivity contribution >= 4 is 16.9 Å². The number of ether oxygens (including phenoxy) is 2. The van der Waals surface area contributed by atoms with Gasteiger partial charge in [-0.2, -0.15) is 0 Å². The van der Waals surface area contributed by atoms with Gasteiger partial charge in [0.15, 0.2) is 6.61 Å². The van der Waals surface area contributed by atoms with Crippen molar-refractivity contribution in [2.75, 3.05) is 6.61 Å². The van der Waals surface area contributed by atoms with E-state index < -0.39 is 0 Å². The first-order chi connectivity index (χ1) is 9.99. The molecule has 1 aromatic carbocycles. The standard InChI is InChI=1S/C17H21NO3/c1-5-13-6-7-15-14(9-13)16(8-12(4)18-15)20-10-17(19)21-11(2)3/h6-9,11H,5,10H2,1-4H3. The summed E-state index contributed by atoms with van der Waals surface area (Å²) in [5.41, 5.74) is 2.95. The highest BCUT2D eigenvalue weighted by molar-refractivity contribution is 5.86. The first kappa shape index (κ1) is 15.3. The zero-order chi connectivity index (χ0) is 15.4. The van der Waals surface area contributed by atoms with E-state index in [1.165, 1.54) is 5.56 Å². The molecule has 2 rings (SSSR count). The van der Waals surface area contributed by atoms with Crippen LogP contribution in [0.2, 0.25) is 0 Å². The number of esters is 1. The molecule has 0 radical (unpaired) electrons. The van der Waals surface area contributed by atoms with Crippen molar-refractivity contribution in [3.63, 3.8) is 0 Å². The zero-order valence-electron chi connectivity index (χ0n) is 13.0. The minimum absolute atomic E-state index is 0.0902. The van der Waals surface area contributed by atoms with E-state index in [4.69, 9.17) is 9.47 Å². The van der Waals surface area contributed by atoms with Gasteiger partial charge >= 0.3 is 5.97 Å². The molecule has 4 heteroatoms. The highest BCUT2D eigenvalue weighted by atomic mass is 16.6. The van der Waals surface area contributed by atoms with Crippen LogP contribution in [0.5, 0.6) is 5.75 Å². The van der Waals surface area contributed by atoms with Crippen LogP contribution < -0.4 is 4.74 Å². The lowest BCUT2D eigenvalue weighted by atomic mass is 10.1. The van der Waals surface area contributed by atoms with Gasteiger partial charge in [0.05, 0.1) is 11.6 Å².